The summed E-state index contributed by atoms with van der Waals surface area (Å²) in [4.78, 5) is 0. The molecule has 3 aromatic heterocycles. The Morgan fingerprint density at radius 1 is 0.596 bits per heavy atom. The maximum absolute atomic E-state index is 4.53. The number of benzene rings is 6. The van der Waals surface area contributed by atoms with Crippen molar-refractivity contribution in [1.82, 2.24) is 13.7 Å². The minimum Gasteiger partial charge on any atom is -0.310 e. The molecule has 248 valence electrons. The quantitative estimate of drug-likeness (QED) is 0.157. The molecule has 9 aromatic rings. The van der Waals surface area contributed by atoms with Gasteiger partial charge in [-0.3, -0.25) is 0 Å². The summed E-state index contributed by atoms with van der Waals surface area (Å²) in [7, 11) is 0. The van der Waals surface area contributed by atoms with Crippen molar-refractivity contribution in [3.8, 4) is 22.5 Å². The highest BCUT2D eigenvalue weighted by atomic mass is 15.0. The summed E-state index contributed by atoms with van der Waals surface area (Å²) in [5.41, 5.74) is 14.4. The van der Waals surface area contributed by atoms with Gasteiger partial charge in [-0.15, -0.1) is 0 Å². The summed E-state index contributed by atoms with van der Waals surface area (Å²) >= 11 is 0. The fourth-order valence-corrected chi connectivity index (χ4v) is 8.51. The lowest BCUT2D eigenvalue weighted by molar-refractivity contribution is 0.975. The molecule has 0 atom stereocenters. The molecule has 0 saturated carbocycles. The van der Waals surface area contributed by atoms with E-state index in [2.05, 4.69) is 184 Å². The Morgan fingerprint density at radius 2 is 1.29 bits per heavy atom. The van der Waals surface area contributed by atoms with Crippen molar-refractivity contribution in [2.45, 2.75) is 19.8 Å². The van der Waals surface area contributed by atoms with Crippen LogP contribution >= 0.6 is 0 Å². The van der Waals surface area contributed by atoms with Crippen LogP contribution in [0.3, 0.4) is 0 Å². The van der Waals surface area contributed by atoms with Gasteiger partial charge in [0.1, 0.15) is 0 Å². The first kappa shape index (κ1) is 30.3. The average molecular weight is 668 g/mol. The molecule has 10 rings (SSSR count). The van der Waals surface area contributed by atoms with Crippen molar-refractivity contribution >= 4 is 66.3 Å². The highest BCUT2D eigenvalue weighted by Gasteiger charge is 2.23. The molecule has 0 saturated heterocycles. The van der Waals surface area contributed by atoms with Crippen LogP contribution in [-0.4, -0.2) is 13.7 Å². The van der Waals surface area contributed by atoms with E-state index in [9.17, 15) is 0 Å². The maximum Gasteiger partial charge on any atom is 0.0562 e. The predicted molar refractivity (Wildman–Crippen MR) is 223 cm³/mol. The number of para-hydroxylation sites is 2. The van der Waals surface area contributed by atoms with Crippen LogP contribution in [0.15, 0.2) is 170 Å². The molecule has 0 N–H and O–H groups in total. The van der Waals surface area contributed by atoms with Crippen LogP contribution in [0.1, 0.15) is 24.6 Å². The second-order valence-corrected chi connectivity index (χ2v) is 13.7. The van der Waals surface area contributed by atoms with Crippen molar-refractivity contribution in [2.24, 2.45) is 0 Å². The summed E-state index contributed by atoms with van der Waals surface area (Å²) in [5, 5.41) is 6.27. The van der Waals surface area contributed by atoms with Crippen molar-refractivity contribution in [3.05, 3.63) is 182 Å². The van der Waals surface area contributed by atoms with E-state index in [1.165, 1.54) is 82.6 Å². The molecule has 1 aliphatic carbocycles. The van der Waals surface area contributed by atoms with E-state index in [4.69, 9.17) is 0 Å². The summed E-state index contributed by atoms with van der Waals surface area (Å²) in [6, 6.07) is 48.9. The summed E-state index contributed by atoms with van der Waals surface area (Å²) < 4.78 is 7.28. The number of nitrogens with zero attached hydrogens (tertiary/aromatic N) is 3. The lowest BCUT2D eigenvalue weighted by Gasteiger charge is -2.12. The Morgan fingerprint density at radius 3 is 2.10 bits per heavy atom. The summed E-state index contributed by atoms with van der Waals surface area (Å²) in [6.45, 7) is 6.57. The Balaban J connectivity index is 1.25. The van der Waals surface area contributed by atoms with Gasteiger partial charge in [-0.2, -0.15) is 0 Å². The van der Waals surface area contributed by atoms with Crippen LogP contribution in [0.2, 0.25) is 0 Å². The molecule has 0 bridgehead atoms. The van der Waals surface area contributed by atoms with Crippen LogP contribution < -0.4 is 0 Å². The molecule has 1 aliphatic rings. The third-order valence-corrected chi connectivity index (χ3v) is 10.8. The molecule has 6 aromatic carbocycles. The smallest absolute Gasteiger partial charge is 0.0562 e. The molecular weight excluding hydrogens is 631 g/mol. The summed E-state index contributed by atoms with van der Waals surface area (Å²) in [5.74, 6) is 0. The maximum atomic E-state index is 4.53. The second kappa shape index (κ2) is 12.0. The third-order valence-electron chi connectivity index (χ3n) is 10.8. The SMILES string of the molecule is C=C(/C=C\C=C/C)n1c2c(c3cc4c(cc31)c1ccccc1n4-c1cccc3c1c1ccccc1n3-c1ccc(-c3ccccc3)cc1)CCC=C2. The molecular formula is C49H37N3. The predicted octanol–water partition coefficient (Wildman–Crippen LogP) is 13.1. The number of hydrogen-bond donors (Lipinski definition) is 0. The fourth-order valence-electron chi connectivity index (χ4n) is 8.51. The highest BCUT2D eigenvalue weighted by Crippen LogP contribution is 2.43. The lowest BCUT2D eigenvalue weighted by atomic mass is 10.00. The molecule has 3 nitrogen and oxygen atoms in total. The number of rotatable bonds is 6. The molecule has 0 aliphatic heterocycles. The minimum absolute atomic E-state index is 0.966. The normalized spacial score (nSPS) is 13.2. The van der Waals surface area contributed by atoms with Gasteiger partial charge in [0.05, 0.1) is 33.3 Å². The van der Waals surface area contributed by atoms with Gasteiger partial charge in [0.25, 0.3) is 0 Å². The number of aryl methyl sites for hydroxylation is 1. The number of fused-ring (bicyclic) bond motifs is 9. The Labute approximate surface area is 303 Å². The highest BCUT2D eigenvalue weighted by molar-refractivity contribution is 6.18. The fraction of sp³-hybridized carbons (Fsp3) is 0.0612. The van der Waals surface area contributed by atoms with Crippen LogP contribution in [0.4, 0.5) is 0 Å². The van der Waals surface area contributed by atoms with Crippen LogP contribution in [0.25, 0.3) is 88.8 Å². The Bertz CT molecular complexity index is 2960. The standard InChI is InChI=1S/C49H37N3/c1-3-4-6-16-33(2)50-42-22-12-9-19-37(42)40-32-48-41(31-47(40)50)38-20-10-13-23-43(38)52(48)46-26-15-25-45-49(46)39-21-11-14-24-44(39)51(45)36-29-27-35(28-30-36)34-17-7-5-8-18-34/h3-8,10-18,20-32H,2,9,19H2,1H3/b4-3-,16-6-. The first-order valence-corrected chi connectivity index (χ1v) is 18.2. The van der Waals surface area contributed by atoms with E-state index in [1.807, 2.05) is 13.0 Å². The Hall–Kier alpha value is -6.58. The summed E-state index contributed by atoms with van der Waals surface area (Å²) in [6.07, 6.45) is 14.9. The van der Waals surface area contributed by atoms with Gasteiger partial charge in [-0.1, -0.05) is 116 Å². The molecule has 3 heterocycles. The topological polar surface area (TPSA) is 14.8 Å². The minimum atomic E-state index is 0.966. The molecule has 3 heteroatoms. The van der Waals surface area contributed by atoms with Gasteiger partial charge in [0.15, 0.2) is 0 Å². The zero-order chi connectivity index (χ0) is 34.8. The van der Waals surface area contributed by atoms with Gasteiger partial charge in [0.2, 0.25) is 0 Å². The zero-order valence-corrected chi connectivity index (χ0v) is 29.1. The van der Waals surface area contributed by atoms with Crippen LogP contribution in [0, 0.1) is 0 Å². The van der Waals surface area contributed by atoms with Crippen molar-refractivity contribution < 1.29 is 0 Å². The molecule has 0 amide bonds. The van der Waals surface area contributed by atoms with Gasteiger partial charge in [0, 0.05) is 44.0 Å². The molecule has 0 fully saturated rings. The van der Waals surface area contributed by atoms with Crippen molar-refractivity contribution in [1.29, 1.82) is 0 Å². The average Bonchev–Trinajstić information content (AvgIpc) is 3.83. The van der Waals surface area contributed by atoms with Gasteiger partial charge >= 0.3 is 0 Å². The van der Waals surface area contributed by atoms with Crippen LogP contribution in [0.5, 0.6) is 0 Å². The lowest BCUT2D eigenvalue weighted by Crippen LogP contribution is -1.99. The Kier molecular flexibility index (Phi) is 7.00. The van der Waals surface area contributed by atoms with E-state index in [0.29, 0.717) is 0 Å². The monoisotopic (exact) mass is 667 g/mol. The number of allylic oxidation sites excluding steroid dienone is 6. The molecule has 0 radical (unpaired) electrons. The molecule has 0 spiro atoms. The zero-order valence-electron chi connectivity index (χ0n) is 29.1. The van der Waals surface area contributed by atoms with Crippen molar-refractivity contribution in [2.75, 3.05) is 0 Å². The first-order chi connectivity index (χ1) is 25.7. The van der Waals surface area contributed by atoms with E-state index in [0.717, 1.165) is 24.2 Å². The van der Waals surface area contributed by atoms with E-state index in [1.54, 1.807) is 0 Å². The molecule has 0 unspecified atom stereocenters. The van der Waals surface area contributed by atoms with E-state index < -0.39 is 0 Å². The van der Waals surface area contributed by atoms with Gasteiger partial charge < -0.3 is 13.7 Å². The van der Waals surface area contributed by atoms with Gasteiger partial charge in [-0.25, -0.2) is 0 Å². The largest absolute Gasteiger partial charge is 0.310 e. The first-order valence-electron chi connectivity index (χ1n) is 18.2. The number of aromatic nitrogens is 3. The van der Waals surface area contributed by atoms with E-state index >= 15 is 0 Å². The number of hydrogen-bond acceptors (Lipinski definition) is 0. The molecule has 52 heavy (non-hydrogen) atoms. The second-order valence-electron chi connectivity index (χ2n) is 13.7. The van der Waals surface area contributed by atoms with Crippen molar-refractivity contribution in [3.63, 3.8) is 0 Å². The van der Waals surface area contributed by atoms with Crippen LogP contribution in [-0.2, 0) is 6.42 Å². The third kappa shape index (κ3) is 4.52. The van der Waals surface area contributed by atoms with Gasteiger partial charge in [-0.05, 0) is 97.1 Å². The van der Waals surface area contributed by atoms with E-state index in [-0.39, 0.29) is 0 Å².